The van der Waals surface area contributed by atoms with Gasteiger partial charge in [0.25, 0.3) is 0 Å². The molecular weight excluding hydrogens is 444 g/mol. The van der Waals surface area contributed by atoms with Gasteiger partial charge in [-0.3, -0.25) is 0 Å². The van der Waals surface area contributed by atoms with Crippen LogP contribution in [0.15, 0.2) is 42.5 Å². The number of aryl methyl sites for hydroxylation is 1. The van der Waals surface area contributed by atoms with Crippen LogP contribution in [0.3, 0.4) is 0 Å². The van der Waals surface area contributed by atoms with E-state index in [0.717, 1.165) is 6.08 Å². The molecule has 0 bridgehead atoms. The quantitative estimate of drug-likeness (QED) is 0.389. The minimum absolute atomic E-state index is 0.0197. The van der Waals surface area contributed by atoms with Crippen LogP contribution in [0.5, 0.6) is 0 Å². The summed E-state index contributed by atoms with van der Waals surface area (Å²) < 4.78 is 57.3. The van der Waals surface area contributed by atoms with E-state index >= 15 is 0 Å². The number of amides is 2. The number of alkyl halides is 4. The van der Waals surface area contributed by atoms with Crippen molar-refractivity contribution in [1.29, 1.82) is 0 Å². The van der Waals surface area contributed by atoms with Gasteiger partial charge in [-0.25, -0.2) is 13.6 Å². The highest BCUT2D eigenvalue weighted by atomic mass is 19.3. The Morgan fingerprint density at radius 3 is 2.64 bits per heavy atom. The molecule has 180 valence electrons. The number of carbonyl (C=O) groups excluding carboxylic acids is 1. The topological polar surface area (TPSA) is 98.2 Å². The predicted molar refractivity (Wildman–Crippen MR) is 111 cm³/mol. The number of carbonyl (C=O) groups is 1. The van der Waals surface area contributed by atoms with Gasteiger partial charge in [0.1, 0.15) is 6.10 Å². The van der Waals surface area contributed by atoms with E-state index in [0.29, 0.717) is 0 Å². The fourth-order valence-electron chi connectivity index (χ4n) is 3.65. The van der Waals surface area contributed by atoms with Crippen molar-refractivity contribution in [2.24, 2.45) is 0 Å². The van der Waals surface area contributed by atoms with Crippen molar-refractivity contribution in [2.75, 3.05) is 20.1 Å². The Bertz CT molecular complexity index is 926. The first-order valence-electron chi connectivity index (χ1n) is 10.5. The fourth-order valence-corrected chi connectivity index (χ4v) is 3.65. The number of aliphatic hydroxyl groups is 1. The van der Waals surface area contributed by atoms with Crippen LogP contribution in [0.2, 0.25) is 0 Å². The molecule has 0 aliphatic carbocycles. The molecule has 12 heteroatoms. The lowest BCUT2D eigenvalue weighted by atomic mass is 10.0. The summed E-state index contributed by atoms with van der Waals surface area (Å²) in [5, 5.41) is 22.9. The van der Waals surface area contributed by atoms with Crippen LogP contribution in [-0.4, -0.2) is 79.8 Å². The van der Waals surface area contributed by atoms with Gasteiger partial charge in [-0.2, -0.15) is 14.0 Å². The van der Waals surface area contributed by atoms with Crippen molar-refractivity contribution in [2.45, 2.75) is 49.7 Å². The van der Waals surface area contributed by atoms with Crippen LogP contribution in [-0.2, 0) is 12.3 Å². The molecule has 2 heterocycles. The zero-order chi connectivity index (χ0) is 24.1. The maximum Gasteiger partial charge on any atom is 0.320 e. The van der Waals surface area contributed by atoms with Crippen LogP contribution >= 0.6 is 0 Å². The van der Waals surface area contributed by atoms with Gasteiger partial charge in [0, 0.05) is 45.0 Å². The minimum Gasteiger partial charge on any atom is -0.382 e. The molecule has 1 fully saturated rings. The summed E-state index contributed by atoms with van der Waals surface area (Å²) in [7, 11) is 1.54. The SMILES string of the molecule is CN1C[C@H](C=CC(O)C(F)(F)c2ccccc2)N(CCCC(F)(F)CCc2nn[nH]n2)C1=O. The first kappa shape index (κ1) is 24.6. The van der Waals surface area contributed by atoms with Gasteiger partial charge in [0.15, 0.2) is 5.82 Å². The molecule has 1 aliphatic rings. The second-order valence-corrected chi connectivity index (χ2v) is 8.03. The number of benzene rings is 1. The van der Waals surface area contributed by atoms with Crippen molar-refractivity contribution in [3.63, 3.8) is 0 Å². The smallest absolute Gasteiger partial charge is 0.320 e. The Morgan fingerprint density at radius 2 is 1.97 bits per heavy atom. The van der Waals surface area contributed by atoms with Gasteiger partial charge >= 0.3 is 12.0 Å². The van der Waals surface area contributed by atoms with Crippen molar-refractivity contribution >= 4 is 6.03 Å². The number of urea groups is 1. The number of hydrogen-bond donors (Lipinski definition) is 2. The standard InChI is InChI=1S/C21H26F4N6O2/c1-30-14-16(8-9-17(32)21(24,25)15-6-3-2-4-7-15)31(19(30)33)13-5-11-20(22,23)12-10-18-26-28-29-27-18/h2-4,6-9,16-17,32H,5,10-14H2,1H3,(H,26,27,28,29)/t16-,17?/m0/s1. The molecular formula is C21H26F4N6O2. The Balaban J connectivity index is 1.56. The van der Waals surface area contributed by atoms with Gasteiger partial charge < -0.3 is 14.9 Å². The lowest BCUT2D eigenvalue weighted by Gasteiger charge is -2.24. The molecule has 3 rings (SSSR count). The Labute approximate surface area is 188 Å². The van der Waals surface area contributed by atoms with Gasteiger partial charge in [-0.05, 0) is 6.42 Å². The highest BCUT2D eigenvalue weighted by Crippen LogP contribution is 2.33. The number of hydrogen-bond acceptors (Lipinski definition) is 5. The molecule has 2 atom stereocenters. The van der Waals surface area contributed by atoms with Gasteiger partial charge in [-0.15, -0.1) is 10.2 Å². The highest BCUT2D eigenvalue weighted by Gasteiger charge is 2.40. The first-order valence-corrected chi connectivity index (χ1v) is 10.5. The molecule has 2 N–H and O–H groups in total. The molecule has 8 nitrogen and oxygen atoms in total. The Hall–Kier alpha value is -3.02. The zero-order valence-electron chi connectivity index (χ0n) is 18.0. The van der Waals surface area contributed by atoms with E-state index in [-0.39, 0.29) is 43.4 Å². The maximum absolute atomic E-state index is 14.5. The number of likely N-dealkylation sites (N-methyl/N-ethyl adjacent to an activating group) is 1. The number of tetrazole rings is 1. The molecule has 0 spiro atoms. The third-order valence-corrected chi connectivity index (χ3v) is 5.52. The lowest BCUT2D eigenvalue weighted by Crippen LogP contribution is -2.36. The summed E-state index contributed by atoms with van der Waals surface area (Å²) in [6.07, 6.45) is -0.737. The van der Waals surface area contributed by atoms with E-state index in [1.165, 1.54) is 47.2 Å². The monoisotopic (exact) mass is 470 g/mol. The molecule has 33 heavy (non-hydrogen) atoms. The van der Waals surface area contributed by atoms with Crippen molar-refractivity contribution in [3.8, 4) is 0 Å². The summed E-state index contributed by atoms with van der Waals surface area (Å²) in [5.74, 6) is -6.30. The normalized spacial score (nSPS) is 18.5. The van der Waals surface area contributed by atoms with Crippen LogP contribution < -0.4 is 0 Å². The average Bonchev–Trinajstić information content (AvgIpc) is 3.40. The number of rotatable bonds is 11. The molecule has 2 aromatic rings. The first-order chi connectivity index (χ1) is 15.6. The minimum atomic E-state index is -3.52. The number of nitrogens with zero attached hydrogens (tertiary/aromatic N) is 5. The molecule has 1 unspecified atom stereocenters. The third-order valence-electron chi connectivity index (χ3n) is 5.52. The number of halogens is 4. The molecule has 0 saturated carbocycles. The van der Waals surface area contributed by atoms with Crippen molar-refractivity contribution in [1.82, 2.24) is 30.4 Å². The third kappa shape index (κ3) is 6.28. The van der Waals surface area contributed by atoms with E-state index in [2.05, 4.69) is 20.6 Å². The van der Waals surface area contributed by atoms with Crippen LogP contribution in [0.1, 0.15) is 30.7 Å². The van der Waals surface area contributed by atoms with E-state index < -0.39 is 36.8 Å². The number of H-pyrrole nitrogens is 1. The molecule has 1 aromatic heterocycles. The van der Waals surface area contributed by atoms with Crippen LogP contribution in [0.4, 0.5) is 22.4 Å². The van der Waals surface area contributed by atoms with Gasteiger partial charge in [0.2, 0.25) is 5.92 Å². The van der Waals surface area contributed by atoms with E-state index in [4.69, 9.17) is 0 Å². The second-order valence-electron chi connectivity index (χ2n) is 8.03. The summed E-state index contributed by atoms with van der Waals surface area (Å²) in [6, 6.07) is 5.92. The van der Waals surface area contributed by atoms with Gasteiger partial charge in [-0.1, -0.05) is 47.7 Å². The van der Waals surface area contributed by atoms with Gasteiger partial charge in [0.05, 0.1) is 6.04 Å². The predicted octanol–water partition coefficient (Wildman–Crippen LogP) is 2.99. The van der Waals surface area contributed by atoms with Crippen LogP contribution in [0, 0.1) is 0 Å². The van der Waals surface area contributed by atoms with Crippen LogP contribution in [0.25, 0.3) is 0 Å². The molecule has 1 aromatic carbocycles. The fraction of sp³-hybridized carbons (Fsp3) is 0.524. The lowest BCUT2D eigenvalue weighted by molar-refractivity contribution is -0.0929. The maximum atomic E-state index is 14.5. The number of nitrogens with one attached hydrogen (secondary N) is 1. The molecule has 1 aliphatic heterocycles. The molecule has 0 radical (unpaired) electrons. The summed E-state index contributed by atoms with van der Waals surface area (Å²) in [5.41, 5.74) is -0.332. The van der Waals surface area contributed by atoms with Crippen molar-refractivity contribution in [3.05, 3.63) is 53.9 Å². The number of aromatic nitrogens is 4. The summed E-state index contributed by atoms with van der Waals surface area (Å²) >= 11 is 0. The number of aliphatic hydroxyl groups excluding tert-OH is 1. The number of aromatic amines is 1. The highest BCUT2D eigenvalue weighted by molar-refractivity contribution is 5.77. The molecule has 1 saturated heterocycles. The van der Waals surface area contributed by atoms with E-state index in [9.17, 15) is 27.5 Å². The average molecular weight is 470 g/mol. The Kier molecular flexibility index (Phi) is 7.67. The summed E-state index contributed by atoms with van der Waals surface area (Å²) in [6.45, 7) is 0.230. The second kappa shape index (κ2) is 10.3. The zero-order valence-corrected chi connectivity index (χ0v) is 18.0. The summed E-state index contributed by atoms with van der Waals surface area (Å²) in [4.78, 5) is 15.1. The van der Waals surface area contributed by atoms with E-state index in [1.54, 1.807) is 6.07 Å². The van der Waals surface area contributed by atoms with Crippen molar-refractivity contribution < 1.29 is 27.5 Å². The van der Waals surface area contributed by atoms with E-state index in [1.807, 2.05) is 0 Å². The Morgan fingerprint density at radius 1 is 1.24 bits per heavy atom. The molecule has 2 amide bonds. The largest absolute Gasteiger partial charge is 0.382 e.